The first-order valence-electron chi connectivity index (χ1n) is 12.5. The molecule has 0 radical (unpaired) electrons. The summed E-state index contributed by atoms with van der Waals surface area (Å²) in [6, 6.07) is 3.02. The van der Waals surface area contributed by atoms with Crippen LogP contribution in [0.1, 0.15) is 76.2 Å². The van der Waals surface area contributed by atoms with Gasteiger partial charge in [-0.1, -0.05) is 13.0 Å². The zero-order valence-electron chi connectivity index (χ0n) is 19.6. The van der Waals surface area contributed by atoms with Gasteiger partial charge in [0.2, 0.25) is 0 Å². The number of amides is 2. The van der Waals surface area contributed by atoms with E-state index in [1.165, 1.54) is 12.3 Å². The summed E-state index contributed by atoms with van der Waals surface area (Å²) in [5, 5.41) is 12.9. The Bertz CT molecular complexity index is 1080. The lowest BCUT2D eigenvalue weighted by atomic mass is 9.53. The highest BCUT2D eigenvalue weighted by molar-refractivity contribution is 5.85. The number of piperidine rings is 1. The normalized spacial score (nSPS) is 28.3. The number of nitrogens with zero attached hydrogens (tertiary/aromatic N) is 1. The van der Waals surface area contributed by atoms with E-state index in [4.69, 9.17) is 0 Å². The number of carbonyl (C=O) groups excluding carboxylic acids is 1. The fourth-order valence-electron chi connectivity index (χ4n) is 6.86. The van der Waals surface area contributed by atoms with Gasteiger partial charge in [0, 0.05) is 36.6 Å². The fourth-order valence-corrected chi connectivity index (χ4v) is 6.86. The number of aromatic amines is 1. The van der Waals surface area contributed by atoms with Gasteiger partial charge < -0.3 is 20.3 Å². The predicted molar refractivity (Wildman–Crippen MR) is 125 cm³/mol. The number of fused-ring (bicyclic) bond motifs is 4. The molecule has 1 aromatic carbocycles. The number of aliphatic carboxylic acids is 1. The van der Waals surface area contributed by atoms with Gasteiger partial charge in [0.05, 0.1) is 5.52 Å². The highest BCUT2D eigenvalue weighted by Gasteiger charge is 2.51. The Kier molecular flexibility index (Phi) is 5.81. The molecule has 2 bridgehead atoms. The molecule has 3 saturated carbocycles. The van der Waals surface area contributed by atoms with E-state index in [0.717, 1.165) is 44.1 Å². The van der Waals surface area contributed by atoms with Crippen molar-refractivity contribution in [2.75, 3.05) is 13.1 Å². The zero-order chi connectivity index (χ0) is 24.1. The second-order valence-electron chi connectivity index (χ2n) is 10.9. The van der Waals surface area contributed by atoms with Crippen molar-refractivity contribution in [2.45, 2.75) is 76.2 Å². The summed E-state index contributed by atoms with van der Waals surface area (Å²) < 4.78 is 28.4. The van der Waals surface area contributed by atoms with E-state index in [1.54, 1.807) is 6.07 Å². The Morgan fingerprint density at radius 1 is 1.12 bits per heavy atom. The third kappa shape index (κ3) is 3.95. The number of aromatic nitrogens is 1. The standard InChI is InChI=1S/C26H33F2N3O3/c1-16(14-21(32)33)25-6-9-26(10-7-25,11-8-25)30-24(34)31-12-4-17(5-13-31)18-2-3-19(27)23-22(18)20(28)15-29-23/h2-3,15-17,29H,4-14H2,1H3,(H,30,34)(H,32,33). The minimum Gasteiger partial charge on any atom is -0.481 e. The smallest absolute Gasteiger partial charge is 0.317 e. The molecule has 6 rings (SSSR count). The zero-order valence-corrected chi connectivity index (χ0v) is 19.6. The van der Waals surface area contributed by atoms with Crippen molar-refractivity contribution < 1.29 is 23.5 Å². The van der Waals surface area contributed by atoms with E-state index < -0.39 is 17.6 Å². The van der Waals surface area contributed by atoms with Crippen molar-refractivity contribution >= 4 is 22.9 Å². The van der Waals surface area contributed by atoms with Crippen LogP contribution in [0.5, 0.6) is 0 Å². The Labute approximate surface area is 198 Å². The number of hydrogen-bond donors (Lipinski definition) is 3. The Morgan fingerprint density at radius 2 is 1.76 bits per heavy atom. The Morgan fingerprint density at radius 3 is 2.38 bits per heavy atom. The number of rotatable bonds is 5. The van der Waals surface area contributed by atoms with Crippen molar-refractivity contribution in [3.63, 3.8) is 0 Å². The molecule has 34 heavy (non-hydrogen) atoms. The van der Waals surface area contributed by atoms with Crippen molar-refractivity contribution in [1.82, 2.24) is 15.2 Å². The predicted octanol–water partition coefficient (Wildman–Crippen LogP) is 5.54. The lowest BCUT2D eigenvalue weighted by Gasteiger charge is -2.56. The molecule has 2 aromatic rings. The largest absolute Gasteiger partial charge is 0.481 e. The number of carboxylic acid groups (broad SMARTS) is 1. The van der Waals surface area contributed by atoms with E-state index in [-0.39, 0.29) is 40.8 Å². The maximum Gasteiger partial charge on any atom is 0.317 e. The third-order valence-corrected chi connectivity index (χ3v) is 9.19. The number of hydrogen-bond acceptors (Lipinski definition) is 2. The van der Waals surface area contributed by atoms with Crippen LogP contribution in [0.4, 0.5) is 13.6 Å². The van der Waals surface area contributed by atoms with Gasteiger partial charge in [0.25, 0.3) is 0 Å². The molecule has 1 saturated heterocycles. The number of urea groups is 1. The molecule has 3 aliphatic carbocycles. The van der Waals surface area contributed by atoms with E-state index >= 15 is 0 Å². The highest BCUT2D eigenvalue weighted by atomic mass is 19.1. The maximum absolute atomic E-state index is 14.3. The summed E-state index contributed by atoms with van der Waals surface area (Å²) in [7, 11) is 0. The number of carbonyl (C=O) groups is 2. The van der Waals surface area contributed by atoms with Gasteiger partial charge in [-0.15, -0.1) is 0 Å². The molecule has 2 heterocycles. The van der Waals surface area contributed by atoms with E-state index in [9.17, 15) is 23.5 Å². The number of nitrogens with one attached hydrogen (secondary N) is 2. The lowest BCUT2D eigenvalue weighted by molar-refractivity contribution is -0.140. The molecule has 1 atom stereocenters. The second kappa shape index (κ2) is 8.54. The molecule has 4 fully saturated rings. The molecule has 3 N–H and O–H groups in total. The molecule has 8 heteroatoms. The molecule has 6 nitrogen and oxygen atoms in total. The highest BCUT2D eigenvalue weighted by Crippen LogP contribution is 2.56. The summed E-state index contributed by atoms with van der Waals surface area (Å²) >= 11 is 0. The number of H-pyrrole nitrogens is 1. The third-order valence-electron chi connectivity index (χ3n) is 9.19. The van der Waals surface area contributed by atoms with Crippen LogP contribution in [0.2, 0.25) is 0 Å². The van der Waals surface area contributed by atoms with Crippen LogP contribution in [0.15, 0.2) is 18.3 Å². The van der Waals surface area contributed by atoms with Crippen LogP contribution in [-0.2, 0) is 4.79 Å². The van der Waals surface area contributed by atoms with Crippen LogP contribution in [0, 0.1) is 23.0 Å². The van der Waals surface area contributed by atoms with Crippen molar-refractivity contribution in [1.29, 1.82) is 0 Å². The van der Waals surface area contributed by atoms with Crippen molar-refractivity contribution in [3.8, 4) is 0 Å². The number of benzene rings is 1. The molecule has 2 amide bonds. The average molecular weight is 474 g/mol. The molecule has 1 unspecified atom stereocenters. The summed E-state index contributed by atoms with van der Waals surface area (Å²) in [4.78, 5) is 28.9. The minimum atomic E-state index is -0.735. The van der Waals surface area contributed by atoms with Gasteiger partial charge in [0.15, 0.2) is 0 Å². The quantitative estimate of drug-likeness (QED) is 0.533. The SMILES string of the molecule is CC(CC(=O)O)C12CCC(NC(=O)N3CCC(c4ccc(F)c5[nH]cc(F)c45)CC3)(CC1)CC2. The van der Waals surface area contributed by atoms with Gasteiger partial charge in [0.1, 0.15) is 11.6 Å². The Balaban J connectivity index is 1.19. The van der Waals surface area contributed by atoms with Crippen LogP contribution < -0.4 is 5.32 Å². The second-order valence-corrected chi connectivity index (χ2v) is 10.9. The van der Waals surface area contributed by atoms with Gasteiger partial charge in [-0.25, -0.2) is 13.6 Å². The van der Waals surface area contributed by atoms with Gasteiger partial charge >= 0.3 is 12.0 Å². The fraction of sp³-hybridized carbons (Fsp3) is 0.615. The first-order chi connectivity index (χ1) is 16.2. The van der Waals surface area contributed by atoms with Gasteiger partial charge in [-0.05, 0) is 80.2 Å². The summed E-state index contributed by atoms with van der Waals surface area (Å²) in [6.45, 7) is 3.22. The summed E-state index contributed by atoms with van der Waals surface area (Å²) in [6.07, 6.45) is 8.43. The van der Waals surface area contributed by atoms with Crippen LogP contribution in [0.25, 0.3) is 10.9 Å². The van der Waals surface area contributed by atoms with Crippen molar-refractivity contribution in [2.24, 2.45) is 11.3 Å². The molecule has 1 aromatic heterocycles. The number of carboxylic acids is 1. The molecule has 4 aliphatic rings. The van der Waals surface area contributed by atoms with Crippen LogP contribution in [0.3, 0.4) is 0 Å². The van der Waals surface area contributed by atoms with Crippen molar-refractivity contribution in [3.05, 3.63) is 35.5 Å². The average Bonchev–Trinajstić information content (AvgIpc) is 3.22. The summed E-state index contributed by atoms with van der Waals surface area (Å²) in [5.41, 5.74) is 0.922. The minimum absolute atomic E-state index is 0.0384. The first-order valence-corrected chi connectivity index (χ1v) is 12.5. The first kappa shape index (κ1) is 23.1. The molecular formula is C26H33F2N3O3. The topological polar surface area (TPSA) is 85.4 Å². The monoisotopic (exact) mass is 473 g/mol. The van der Waals surface area contributed by atoms with Crippen LogP contribution >= 0.6 is 0 Å². The van der Waals surface area contributed by atoms with E-state index in [2.05, 4.69) is 17.2 Å². The molecule has 0 spiro atoms. The molecule has 184 valence electrons. The van der Waals surface area contributed by atoms with E-state index in [1.807, 2.05) is 4.90 Å². The summed E-state index contributed by atoms with van der Waals surface area (Å²) in [5.74, 6) is -1.40. The van der Waals surface area contributed by atoms with E-state index in [0.29, 0.717) is 31.3 Å². The van der Waals surface area contributed by atoms with Gasteiger partial charge in [-0.2, -0.15) is 0 Å². The Hall–Kier alpha value is -2.64. The number of likely N-dealkylation sites (tertiary alicyclic amines) is 1. The molecule has 1 aliphatic heterocycles. The maximum atomic E-state index is 14.3. The van der Waals surface area contributed by atoms with Gasteiger partial charge in [-0.3, -0.25) is 4.79 Å². The van der Waals surface area contributed by atoms with Crippen LogP contribution in [-0.4, -0.2) is 45.6 Å². The lowest BCUT2D eigenvalue weighted by Crippen LogP contribution is -2.60. The number of halogens is 2. The molecular weight excluding hydrogens is 440 g/mol.